The Morgan fingerprint density at radius 3 is 2.52 bits per heavy atom. The topological polar surface area (TPSA) is 155 Å². The predicted octanol–water partition coefficient (Wildman–Crippen LogP) is 2.15. The van der Waals surface area contributed by atoms with Crippen molar-refractivity contribution in [1.29, 1.82) is 0 Å². The Balaban J connectivity index is 1.81. The number of fused-ring (bicyclic) bond motifs is 1. The fourth-order valence-corrected chi connectivity index (χ4v) is 3.91. The van der Waals surface area contributed by atoms with Gasteiger partial charge in [0.15, 0.2) is 0 Å². The Bertz CT molecular complexity index is 1090. The van der Waals surface area contributed by atoms with Crippen LogP contribution < -0.4 is 5.73 Å². The van der Waals surface area contributed by atoms with Crippen LogP contribution in [0.2, 0.25) is 0 Å². The van der Waals surface area contributed by atoms with Crippen molar-refractivity contribution in [3.63, 3.8) is 0 Å². The second kappa shape index (κ2) is 6.97. The van der Waals surface area contributed by atoms with E-state index in [0.29, 0.717) is 17.5 Å². The van der Waals surface area contributed by atoms with Gasteiger partial charge in [0.25, 0.3) is 0 Å². The third-order valence-corrected chi connectivity index (χ3v) is 5.32. The summed E-state index contributed by atoms with van der Waals surface area (Å²) in [5.41, 5.74) is 8.22. The van der Waals surface area contributed by atoms with Crippen molar-refractivity contribution in [2.75, 3.05) is 12.3 Å². The van der Waals surface area contributed by atoms with E-state index in [1.165, 1.54) is 6.33 Å². The fraction of sp³-hybridized carbons (Fsp3) is 0.263. The smallest absolute Gasteiger partial charge is 0.408 e. The standard InChI is InChI=1S/C19H19N5O5/c20-16-15-13(10-1-3-12(25)4-2-10)8-24(17(15)22-9-21-16)11-5-6-23(19(28)29)14(7-11)18(26)27/h1-4,8-9,11,14,25H,5-7H2,(H,26,27)(H,28,29)(H2,20,21,22). The number of carbonyl (C=O) groups is 2. The summed E-state index contributed by atoms with van der Waals surface area (Å²) in [6.45, 7) is 0.103. The summed E-state index contributed by atoms with van der Waals surface area (Å²) in [5.74, 6) is -0.761. The van der Waals surface area contributed by atoms with Crippen LogP contribution in [0.15, 0.2) is 36.8 Å². The number of piperidine rings is 1. The maximum atomic E-state index is 11.6. The first-order valence-corrected chi connectivity index (χ1v) is 8.99. The summed E-state index contributed by atoms with van der Waals surface area (Å²) >= 11 is 0. The molecule has 3 heterocycles. The van der Waals surface area contributed by atoms with Crippen LogP contribution in [0.3, 0.4) is 0 Å². The van der Waals surface area contributed by atoms with Gasteiger partial charge in [0.1, 0.15) is 29.6 Å². The van der Waals surface area contributed by atoms with Gasteiger partial charge in [-0.1, -0.05) is 12.1 Å². The number of hydrogen-bond donors (Lipinski definition) is 4. The first-order chi connectivity index (χ1) is 13.9. The molecule has 2 atom stereocenters. The van der Waals surface area contributed by atoms with Crippen LogP contribution in [0.25, 0.3) is 22.2 Å². The average Bonchev–Trinajstić information content (AvgIpc) is 3.09. The number of aromatic nitrogens is 3. The Morgan fingerprint density at radius 2 is 1.86 bits per heavy atom. The molecule has 1 aromatic carbocycles. The number of hydrogen-bond acceptors (Lipinski definition) is 6. The molecule has 0 saturated carbocycles. The summed E-state index contributed by atoms with van der Waals surface area (Å²) in [5, 5.41) is 29.0. The van der Waals surface area contributed by atoms with E-state index in [4.69, 9.17) is 5.73 Å². The van der Waals surface area contributed by atoms with E-state index in [-0.39, 0.29) is 30.6 Å². The van der Waals surface area contributed by atoms with Crippen molar-refractivity contribution >= 4 is 28.9 Å². The van der Waals surface area contributed by atoms with Crippen LogP contribution in [0, 0.1) is 0 Å². The first kappa shape index (κ1) is 18.5. The maximum absolute atomic E-state index is 11.6. The Labute approximate surface area is 164 Å². The van der Waals surface area contributed by atoms with Gasteiger partial charge >= 0.3 is 12.1 Å². The number of nitrogen functional groups attached to an aromatic ring is 1. The minimum Gasteiger partial charge on any atom is -0.508 e. The molecule has 0 spiro atoms. The van der Waals surface area contributed by atoms with Crippen molar-refractivity contribution in [3.8, 4) is 16.9 Å². The van der Waals surface area contributed by atoms with Gasteiger partial charge in [-0.25, -0.2) is 19.6 Å². The molecule has 2 unspecified atom stereocenters. The summed E-state index contributed by atoms with van der Waals surface area (Å²) in [7, 11) is 0. The van der Waals surface area contributed by atoms with Gasteiger partial charge in [-0.3, -0.25) is 4.90 Å². The van der Waals surface area contributed by atoms with E-state index >= 15 is 0 Å². The quantitative estimate of drug-likeness (QED) is 0.524. The van der Waals surface area contributed by atoms with Crippen molar-refractivity contribution in [2.24, 2.45) is 0 Å². The Kier molecular flexibility index (Phi) is 4.45. The van der Waals surface area contributed by atoms with E-state index in [1.807, 2.05) is 10.8 Å². The highest BCUT2D eigenvalue weighted by Crippen LogP contribution is 2.38. The highest BCUT2D eigenvalue weighted by Gasteiger charge is 2.37. The molecule has 1 aliphatic rings. The minimum atomic E-state index is -1.25. The summed E-state index contributed by atoms with van der Waals surface area (Å²) in [4.78, 5) is 32.4. The lowest BCUT2D eigenvalue weighted by Crippen LogP contribution is -2.49. The highest BCUT2D eigenvalue weighted by atomic mass is 16.4. The van der Waals surface area contributed by atoms with Gasteiger partial charge in [0.2, 0.25) is 0 Å². The number of benzene rings is 1. The third kappa shape index (κ3) is 3.18. The number of nitrogens with two attached hydrogens (primary N) is 1. The number of phenolic OH excluding ortho intramolecular Hbond substituents is 1. The van der Waals surface area contributed by atoms with Crippen molar-refractivity contribution in [2.45, 2.75) is 24.9 Å². The number of anilines is 1. The maximum Gasteiger partial charge on any atom is 0.408 e. The lowest BCUT2D eigenvalue weighted by atomic mass is 9.97. The van der Waals surface area contributed by atoms with Gasteiger partial charge in [-0.05, 0) is 30.5 Å². The van der Waals surface area contributed by atoms with Crippen LogP contribution in [0.4, 0.5) is 10.6 Å². The molecular formula is C19H19N5O5. The molecule has 10 nitrogen and oxygen atoms in total. The summed E-state index contributed by atoms with van der Waals surface area (Å²) in [6, 6.07) is 5.20. The molecule has 0 aliphatic carbocycles. The Hall–Kier alpha value is -3.82. The second-order valence-corrected chi connectivity index (χ2v) is 6.96. The highest BCUT2D eigenvalue weighted by molar-refractivity contribution is 6.00. The van der Waals surface area contributed by atoms with E-state index < -0.39 is 18.1 Å². The van der Waals surface area contributed by atoms with E-state index in [0.717, 1.165) is 16.0 Å². The minimum absolute atomic E-state index is 0.103. The number of likely N-dealkylation sites (tertiary alicyclic amines) is 1. The third-order valence-electron chi connectivity index (χ3n) is 5.32. The second-order valence-electron chi connectivity index (χ2n) is 6.96. The number of phenols is 1. The van der Waals surface area contributed by atoms with Gasteiger partial charge in [-0.15, -0.1) is 0 Å². The number of carboxylic acid groups (broad SMARTS) is 2. The van der Waals surface area contributed by atoms with Gasteiger partial charge in [-0.2, -0.15) is 0 Å². The number of nitrogens with zero attached hydrogens (tertiary/aromatic N) is 4. The van der Waals surface area contributed by atoms with E-state index in [9.17, 15) is 24.9 Å². The molecule has 1 saturated heterocycles. The van der Waals surface area contributed by atoms with Crippen molar-refractivity contribution < 1.29 is 24.9 Å². The van der Waals surface area contributed by atoms with E-state index in [1.54, 1.807) is 24.3 Å². The van der Waals surface area contributed by atoms with E-state index in [2.05, 4.69) is 9.97 Å². The van der Waals surface area contributed by atoms with Gasteiger partial charge in [0.05, 0.1) is 5.39 Å². The van der Waals surface area contributed by atoms with Crippen LogP contribution in [-0.2, 0) is 4.79 Å². The zero-order valence-corrected chi connectivity index (χ0v) is 15.3. The molecule has 150 valence electrons. The Morgan fingerprint density at radius 1 is 1.14 bits per heavy atom. The molecule has 3 aromatic rings. The zero-order chi connectivity index (χ0) is 20.7. The number of aliphatic carboxylic acids is 1. The molecule has 1 amide bonds. The first-order valence-electron chi connectivity index (χ1n) is 8.99. The monoisotopic (exact) mass is 397 g/mol. The molecule has 1 fully saturated rings. The zero-order valence-electron chi connectivity index (χ0n) is 15.3. The molecule has 0 bridgehead atoms. The normalized spacial score (nSPS) is 19.4. The molecule has 29 heavy (non-hydrogen) atoms. The molecule has 4 rings (SSSR count). The summed E-state index contributed by atoms with van der Waals surface area (Å²) in [6.07, 6.45) is 2.49. The van der Waals surface area contributed by atoms with Crippen LogP contribution in [0.5, 0.6) is 5.75 Å². The van der Waals surface area contributed by atoms with Crippen LogP contribution in [-0.4, -0.2) is 59.4 Å². The lowest BCUT2D eigenvalue weighted by molar-refractivity contribution is -0.144. The molecule has 10 heteroatoms. The van der Waals surface area contributed by atoms with Gasteiger partial charge in [0, 0.05) is 24.3 Å². The largest absolute Gasteiger partial charge is 0.508 e. The van der Waals surface area contributed by atoms with Crippen molar-refractivity contribution in [3.05, 3.63) is 36.8 Å². The molecule has 1 aliphatic heterocycles. The van der Waals surface area contributed by atoms with Crippen LogP contribution >= 0.6 is 0 Å². The predicted molar refractivity (Wildman–Crippen MR) is 103 cm³/mol. The number of amides is 1. The number of carboxylic acids is 1. The molecular weight excluding hydrogens is 378 g/mol. The molecule has 5 N–H and O–H groups in total. The van der Waals surface area contributed by atoms with Crippen LogP contribution in [0.1, 0.15) is 18.9 Å². The average molecular weight is 397 g/mol. The SMILES string of the molecule is Nc1ncnc2c1c(-c1ccc(O)cc1)cn2C1CCN(C(=O)O)C(C(=O)O)C1. The number of rotatable bonds is 3. The van der Waals surface area contributed by atoms with Crippen molar-refractivity contribution in [1.82, 2.24) is 19.4 Å². The number of aromatic hydroxyl groups is 1. The molecule has 2 aromatic heterocycles. The lowest BCUT2D eigenvalue weighted by Gasteiger charge is -2.36. The summed E-state index contributed by atoms with van der Waals surface area (Å²) < 4.78 is 1.85. The molecule has 0 radical (unpaired) electrons. The fourth-order valence-electron chi connectivity index (χ4n) is 3.91. The van der Waals surface area contributed by atoms with Gasteiger partial charge < -0.3 is 25.6 Å².